The molecule has 0 aliphatic carbocycles. The Labute approximate surface area is 124 Å². The van der Waals surface area contributed by atoms with Gasteiger partial charge in [-0.05, 0) is 54.9 Å². The van der Waals surface area contributed by atoms with Crippen molar-refractivity contribution >= 4 is 7.48 Å². The fraction of sp³-hybridized carbons (Fsp3) is 0.867. The van der Waals surface area contributed by atoms with Crippen molar-refractivity contribution in [1.82, 2.24) is 5.06 Å². The lowest BCUT2D eigenvalue weighted by Gasteiger charge is -2.38. The molecule has 1 rings (SSSR count). The van der Waals surface area contributed by atoms with E-state index in [0.29, 0.717) is 7.48 Å². The molecular weight excluding hydrogens is 253 g/mol. The largest absolute Gasteiger partial charge is 0.427 e. The second-order valence-electron chi connectivity index (χ2n) is 7.56. The molecule has 0 aromatic carbocycles. The van der Waals surface area contributed by atoms with E-state index >= 15 is 0 Å². The lowest BCUT2D eigenvalue weighted by molar-refractivity contribution is -0.224. The van der Waals surface area contributed by atoms with Crippen LogP contribution in [0.5, 0.6) is 0 Å². The third-order valence-corrected chi connectivity index (χ3v) is 3.76. The Hall–Kier alpha value is -0.355. The zero-order chi connectivity index (χ0) is 15.6. The molecule has 1 aliphatic rings. The Balaban J connectivity index is 2.45. The van der Waals surface area contributed by atoms with Crippen LogP contribution >= 0.6 is 0 Å². The lowest BCUT2D eigenvalue weighted by atomic mass is 9.79. The first kappa shape index (κ1) is 17.7. The fourth-order valence-corrected chi connectivity index (χ4v) is 1.74. The van der Waals surface area contributed by atoms with Crippen molar-refractivity contribution in [2.75, 3.05) is 13.1 Å². The van der Waals surface area contributed by atoms with Gasteiger partial charge in [-0.15, -0.1) is 0 Å². The summed E-state index contributed by atoms with van der Waals surface area (Å²) >= 11 is 0. The summed E-state index contributed by atoms with van der Waals surface area (Å²) in [5, 5.41) is 12.1. The number of hydroxylamine groups is 2. The normalized spacial score (nSPS) is 18.9. The lowest BCUT2D eigenvalue weighted by Crippen LogP contribution is -2.48. The minimum atomic E-state index is -0.858. The van der Waals surface area contributed by atoms with Crippen molar-refractivity contribution in [1.29, 1.82) is 0 Å². The molecule has 4 nitrogen and oxygen atoms in total. The molecule has 1 aliphatic heterocycles. The van der Waals surface area contributed by atoms with Crippen LogP contribution in [0.15, 0.2) is 11.5 Å². The van der Waals surface area contributed by atoms with Crippen molar-refractivity contribution in [3.05, 3.63) is 11.5 Å². The first-order valence-electron chi connectivity index (χ1n) is 7.39. The Morgan fingerprint density at radius 2 is 1.75 bits per heavy atom. The molecule has 20 heavy (non-hydrogen) atoms. The molecule has 0 spiro atoms. The van der Waals surface area contributed by atoms with Crippen LogP contribution in [0.3, 0.4) is 0 Å². The van der Waals surface area contributed by atoms with E-state index in [1.165, 1.54) is 5.47 Å². The predicted octanol–water partition coefficient (Wildman–Crippen LogP) is 2.22. The smallest absolute Gasteiger partial charge is 0.305 e. The molecule has 0 saturated carbocycles. The minimum absolute atomic E-state index is 0.148. The SMILES string of the molecule is CC(C)(C)ON1CC=C(BOC(C)(C)C(C)(C)O)CC1. The topological polar surface area (TPSA) is 41.9 Å². The van der Waals surface area contributed by atoms with Crippen LogP contribution in [0.4, 0.5) is 0 Å². The molecule has 1 heterocycles. The molecule has 0 amide bonds. The summed E-state index contributed by atoms with van der Waals surface area (Å²) < 4.78 is 5.89. The van der Waals surface area contributed by atoms with Crippen LogP contribution in [0, 0.1) is 0 Å². The fourth-order valence-electron chi connectivity index (χ4n) is 1.74. The van der Waals surface area contributed by atoms with Gasteiger partial charge in [0.25, 0.3) is 0 Å². The van der Waals surface area contributed by atoms with Crippen molar-refractivity contribution in [2.24, 2.45) is 0 Å². The van der Waals surface area contributed by atoms with Gasteiger partial charge in [0.2, 0.25) is 0 Å². The van der Waals surface area contributed by atoms with E-state index in [9.17, 15) is 5.11 Å². The second-order valence-corrected chi connectivity index (χ2v) is 7.56. The molecule has 0 atom stereocenters. The zero-order valence-electron chi connectivity index (χ0n) is 14.1. The molecule has 0 aromatic heterocycles. The highest BCUT2D eigenvalue weighted by molar-refractivity contribution is 6.38. The molecule has 0 saturated heterocycles. The molecule has 0 aromatic rings. The number of nitrogens with zero attached hydrogens (tertiary/aromatic N) is 1. The standard InChI is InChI=1S/C15H30BNO3/c1-13(2,3)20-17-10-8-12(9-11-17)16-19-15(6,7)14(4,5)18/h8,16,18H,9-11H2,1-7H3. The number of hydrogen-bond donors (Lipinski definition) is 1. The van der Waals surface area contributed by atoms with Crippen molar-refractivity contribution in [3.63, 3.8) is 0 Å². The molecule has 116 valence electrons. The van der Waals surface area contributed by atoms with Crippen molar-refractivity contribution in [2.45, 2.75) is 71.7 Å². The maximum atomic E-state index is 10.1. The van der Waals surface area contributed by atoms with E-state index in [-0.39, 0.29) is 5.60 Å². The summed E-state index contributed by atoms with van der Waals surface area (Å²) in [4.78, 5) is 5.83. The van der Waals surface area contributed by atoms with Gasteiger partial charge in [0.15, 0.2) is 0 Å². The zero-order valence-corrected chi connectivity index (χ0v) is 14.1. The summed E-state index contributed by atoms with van der Waals surface area (Å²) in [7, 11) is 0.570. The second kappa shape index (κ2) is 6.18. The molecule has 1 N–H and O–H groups in total. The highest BCUT2D eigenvalue weighted by atomic mass is 16.7. The average molecular weight is 283 g/mol. The third kappa shape index (κ3) is 5.56. The van der Waals surface area contributed by atoms with Crippen molar-refractivity contribution in [3.8, 4) is 0 Å². The summed E-state index contributed by atoms with van der Waals surface area (Å²) in [6, 6.07) is 0. The van der Waals surface area contributed by atoms with E-state index in [0.717, 1.165) is 19.5 Å². The Morgan fingerprint density at radius 1 is 1.15 bits per heavy atom. The van der Waals surface area contributed by atoms with Gasteiger partial charge in [0, 0.05) is 13.1 Å². The quantitative estimate of drug-likeness (QED) is 0.786. The van der Waals surface area contributed by atoms with Crippen molar-refractivity contribution < 1.29 is 14.6 Å². The number of hydrogen-bond acceptors (Lipinski definition) is 4. The van der Waals surface area contributed by atoms with Gasteiger partial charge in [0.05, 0.1) is 16.8 Å². The molecule has 0 unspecified atom stereocenters. The van der Waals surface area contributed by atoms with E-state index in [2.05, 4.69) is 26.8 Å². The third-order valence-electron chi connectivity index (χ3n) is 3.76. The molecule has 0 fully saturated rings. The maximum absolute atomic E-state index is 10.1. The maximum Gasteiger partial charge on any atom is 0.305 e. The van der Waals surface area contributed by atoms with Crippen LogP contribution in [-0.2, 0) is 9.49 Å². The summed E-state index contributed by atoms with van der Waals surface area (Å²) in [5.74, 6) is 0. The monoisotopic (exact) mass is 283 g/mol. The van der Waals surface area contributed by atoms with Gasteiger partial charge < -0.3 is 9.76 Å². The van der Waals surface area contributed by atoms with Crippen LogP contribution < -0.4 is 0 Å². The van der Waals surface area contributed by atoms with Gasteiger partial charge in [-0.3, -0.25) is 4.84 Å². The molecule has 0 bridgehead atoms. The first-order valence-corrected chi connectivity index (χ1v) is 7.39. The molecular formula is C15H30BNO3. The van der Waals surface area contributed by atoms with Gasteiger partial charge in [-0.2, -0.15) is 5.06 Å². The first-order chi connectivity index (χ1) is 8.91. The van der Waals surface area contributed by atoms with Gasteiger partial charge in [-0.1, -0.05) is 11.5 Å². The Kier molecular flexibility index (Phi) is 5.47. The minimum Gasteiger partial charge on any atom is -0.427 e. The van der Waals surface area contributed by atoms with Gasteiger partial charge in [-0.25, -0.2) is 0 Å². The van der Waals surface area contributed by atoms with E-state index in [4.69, 9.17) is 9.49 Å². The summed E-state index contributed by atoms with van der Waals surface area (Å²) in [6.45, 7) is 15.2. The van der Waals surface area contributed by atoms with Crippen LogP contribution in [0.25, 0.3) is 0 Å². The van der Waals surface area contributed by atoms with Gasteiger partial charge in [0.1, 0.15) is 0 Å². The van der Waals surface area contributed by atoms with Crippen LogP contribution in [-0.4, -0.2) is 47.5 Å². The highest BCUT2D eigenvalue weighted by Crippen LogP contribution is 2.25. The van der Waals surface area contributed by atoms with E-state index in [1.54, 1.807) is 13.8 Å². The van der Waals surface area contributed by atoms with E-state index in [1.807, 2.05) is 18.9 Å². The summed E-state index contributed by atoms with van der Waals surface area (Å²) in [5.41, 5.74) is -0.294. The summed E-state index contributed by atoms with van der Waals surface area (Å²) in [6.07, 6.45) is 3.10. The van der Waals surface area contributed by atoms with Crippen LogP contribution in [0.2, 0.25) is 0 Å². The molecule has 5 heteroatoms. The molecule has 0 radical (unpaired) electrons. The highest BCUT2D eigenvalue weighted by Gasteiger charge is 2.36. The predicted molar refractivity (Wildman–Crippen MR) is 83.7 cm³/mol. The van der Waals surface area contributed by atoms with Gasteiger partial charge >= 0.3 is 7.48 Å². The van der Waals surface area contributed by atoms with E-state index < -0.39 is 11.2 Å². The Bertz CT molecular complexity index is 353. The Morgan fingerprint density at radius 3 is 2.15 bits per heavy atom. The van der Waals surface area contributed by atoms with Crippen LogP contribution in [0.1, 0.15) is 54.9 Å². The number of rotatable bonds is 5. The number of aliphatic hydroxyl groups is 1. The average Bonchev–Trinajstić information content (AvgIpc) is 2.24.